The molecule has 0 bridgehead atoms. The van der Waals surface area contributed by atoms with Gasteiger partial charge in [-0.3, -0.25) is 14.4 Å². The van der Waals surface area contributed by atoms with Gasteiger partial charge < -0.3 is 15.0 Å². The second kappa shape index (κ2) is 11.7. The number of imide groups is 1. The minimum Gasteiger partial charge on any atom is -0.462 e. The normalized spacial score (nSPS) is 13.1. The van der Waals surface area contributed by atoms with Gasteiger partial charge in [0.25, 0.3) is 17.7 Å². The summed E-state index contributed by atoms with van der Waals surface area (Å²) >= 11 is 6.25. The van der Waals surface area contributed by atoms with Crippen molar-refractivity contribution in [2.75, 3.05) is 28.8 Å². The van der Waals surface area contributed by atoms with E-state index >= 15 is 0 Å². The van der Waals surface area contributed by atoms with Crippen molar-refractivity contribution in [1.29, 1.82) is 0 Å². The molecular formula is C29H26ClN3O5. The summed E-state index contributed by atoms with van der Waals surface area (Å²) in [5.41, 5.74) is 1.98. The lowest BCUT2D eigenvalue weighted by atomic mass is 10.1. The number of hydrogen-bond acceptors (Lipinski definition) is 6. The number of carbonyl (C=O) groups is 4. The zero-order valence-electron chi connectivity index (χ0n) is 20.9. The number of nitrogens with one attached hydrogen (secondary N) is 1. The molecule has 0 unspecified atom stereocenters. The molecule has 3 aromatic carbocycles. The van der Waals surface area contributed by atoms with Gasteiger partial charge in [0, 0.05) is 24.0 Å². The molecule has 1 N–H and O–H groups in total. The number of carbonyl (C=O) groups excluding carboxylic acids is 4. The average molecular weight is 532 g/mol. The van der Waals surface area contributed by atoms with E-state index < -0.39 is 17.8 Å². The van der Waals surface area contributed by atoms with Crippen molar-refractivity contribution in [3.8, 4) is 0 Å². The van der Waals surface area contributed by atoms with Crippen molar-refractivity contribution >= 4 is 52.4 Å². The van der Waals surface area contributed by atoms with Crippen molar-refractivity contribution in [3.63, 3.8) is 0 Å². The first kappa shape index (κ1) is 26.6. The van der Waals surface area contributed by atoms with Crippen LogP contribution < -0.4 is 15.1 Å². The van der Waals surface area contributed by atoms with Crippen LogP contribution in [0.15, 0.2) is 89.6 Å². The Kier molecular flexibility index (Phi) is 8.23. The summed E-state index contributed by atoms with van der Waals surface area (Å²) in [5.74, 6) is -2.12. The van der Waals surface area contributed by atoms with Gasteiger partial charge in [-0.1, -0.05) is 49.2 Å². The van der Waals surface area contributed by atoms with E-state index in [1.54, 1.807) is 43.4 Å². The summed E-state index contributed by atoms with van der Waals surface area (Å²) in [6.07, 6.45) is 1.62. The molecule has 1 aliphatic heterocycles. The third-order valence-electron chi connectivity index (χ3n) is 5.95. The second-order valence-electron chi connectivity index (χ2n) is 8.58. The van der Waals surface area contributed by atoms with Crippen LogP contribution in [-0.4, -0.2) is 37.3 Å². The maximum atomic E-state index is 13.2. The van der Waals surface area contributed by atoms with Crippen LogP contribution in [0.25, 0.3) is 0 Å². The smallest absolute Gasteiger partial charge is 0.338 e. The Bertz CT molecular complexity index is 1400. The highest BCUT2D eigenvalue weighted by Crippen LogP contribution is 2.31. The Labute approximate surface area is 225 Å². The molecule has 0 spiro atoms. The van der Waals surface area contributed by atoms with E-state index in [0.717, 1.165) is 23.4 Å². The van der Waals surface area contributed by atoms with Gasteiger partial charge in [-0.2, -0.15) is 0 Å². The van der Waals surface area contributed by atoms with Gasteiger partial charge in [-0.15, -0.1) is 0 Å². The number of benzene rings is 3. The van der Waals surface area contributed by atoms with Gasteiger partial charge in [0.2, 0.25) is 0 Å². The number of rotatable bonds is 9. The molecule has 0 aromatic heterocycles. The lowest BCUT2D eigenvalue weighted by Crippen LogP contribution is -2.32. The maximum Gasteiger partial charge on any atom is 0.338 e. The van der Waals surface area contributed by atoms with E-state index in [0.29, 0.717) is 11.3 Å². The van der Waals surface area contributed by atoms with Crippen molar-refractivity contribution < 1.29 is 23.9 Å². The predicted molar refractivity (Wildman–Crippen MR) is 146 cm³/mol. The van der Waals surface area contributed by atoms with Gasteiger partial charge in [0.05, 0.1) is 17.9 Å². The highest BCUT2D eigenvalue weighted by Gasteiger charge is 2.39. The molecule has 1 heterocycles. The topological polar surface area (TPSA) is 96.0 Å². The number of anilines is 3. The van der Waals surface area contributed by atoms with Gasteiger partial charge in [0.1, 0.15) is 10.7 Å². The molecule has 0 aliphatic carbocycles. The number of nitrogens with zero attached hydrogens (tertiary/aromatic N) is 2. The number of ether oxygens (including phenoxy) is 1. The fourth-order valence-corrected chi connectivity index (χ4v) is 4.03. The van der Waals surface area contributed by atoms with Crippen LogP contribution in [0.1, 0.15) is 40.5 Å². The summed E-state index contributed by atoms with van der Waals surface area (Å²) in [6, 6.07) is 21.8. The second-order valence-corrected chi connectivity index (χ2v) is 8.95. The van der Waals surface area contributed by atoms with Gasteiger partial charge in [-0.05, 0) is 61.0 Å². The van der Waals surface area contributed by atoms with Crippen LogP contribution in [0.5, 0.6) is 0 Å². The Balaban J connectivity index is 1.47. The fourth-order valence-electron chi connectivity index (χ4n) is 3.81. The van der Waals surface area contributed by atoms with Crippen molar-refractivity contribution in [2.24, 2.45) is 0 Å². The van der Waals surface area contributed by atoms with Gasteiger partial charge >= 0.3 is 5.97 Å². The predicted octanol–water partition coefficient (Wildman–Crippen LogP) is 5.36. The molecule has 0 fully saturated rings. The Hall–Kier alpha value is -4.43. The van der Waals surface area contributed by atoms with Gasteiger partial charge in [0.15, 0.2) is 0 Å². The lowest BCUT2D eigenvalue weighted by Gasteiger charge is -2.18. The fraction of sp³-hybridized carbons (Fsp3) is 0.172. The third kappa shape index (κ3) is 5.60. The van der Waals surface area contributed by atoms with Crippen molar-refractivity contribution in [3.05, 3.63) is 101 Å². The van der Waals surface area contributed by atoms with E-state index in [2.05, 4.69) is 5.32 Å². The molecule has 0 saturated carbocycles. The molecule has 38 heavy (non-hydrogen) atoms. The molecule has 9 heteroatoms. The van der Waals surface area contributed by atoms with Gasteiger partial charge in [-0.25, -0.2) is 9.69 Å². The van der Waals surface area contributed by atoms with Crippen LogP contribution in [0.3, 0.4) is 0 Å². The molecule has 3 amide bonds. The van der Waals surface area contributed by atoms with Crippen LogP contribution >= 0.6 is 11.6 Å². The van der Waals surface area contributed by atoms with E-state index in [4.69, 9.17) is 16.3 Å². The van der Waals surface area contributed by atoms with E-state index in [1.807, 2.05) is 37.3 Å². The molecule has 8 nitrogen and oxygen atoms in total. The molecular weight excluding hydrogens is 506 g/mol. The molecule has 0 radical (unpaired) electrons. The van der Waals surface area contributed by atoms with E-state index in [9.17, 15) is 19.2 Å². The standard InChI is InChI=1S/C29H26ClN3O5/c1-3-4-17-38-29(37)20-9-8-12-23(18-20)33-27(35)24(30)25(28(33)36)31-21-15-13-19(14-16-21)26(34)32(2)22-10-6-5-7-11-22/h5-16,18,31H,3-4,17H2,1-2H3. The Morgan fingerprint density at radius 1 is 0.921 bits per heavy atom. The highest BCUT2D eigenvalue weighted by molar-refractivity contribution is 6.53. The summed E-state index contributed by atoms with van der Waals surface area (Å²) in [7, 11) is 1.69. The molecule has 0 atom stereocenters. The Morgan fingerprint density at radius 2 is 1.63 bits per heavy atom. The van der Waals surface area contributed by atoms with Crippen molar-refractivity contribution in [2.45, 2.75) is 19.8 Å². The summed E-state index contributed by atoms with van der Waals surface area (Å²) in [4.78, 5) is 53.6. The number of esters is 1. The Morgan fingerprint density at radius 3 is 2.32 bits per heavy atom. The lowest BCUT2D eigenvalue weighted by molar-refractivity contribution is -0.120. The highest BCUT2D eigenvalue weighted by atomic mass is 35.5. The zero-order valence-corrected chi connectivity index (χ0v) is 21.7. The minimum absolute atomic E-state index is 0.104. The monoisotopic (exact) mass is 531 g/mol. The third-order valence-corrected chi connectivity index (χ3v) is 6.30. The van der Waals surface area contributed by atoms with Crippen molar-refractivity contribution in [1.82, 2.24) is 0 Å². The number of amides is 3. The number of para-hydroxylation sites is 1. The first-order chi connectivity index (χ1) is 18.3. The largest absolute Gasteiger partial charge is 0.462 e. The van der Waals surface area contributed by atoms with Crippen LogP contribution in [0, 0.1) is 0 Å². The molecule has 1 aliphatic rings. The van der Waals surface area contributed by atoms with E-state index in [-0.39, 0.29) is 34.5 Å². The minimum atomic E-state index is -0.716. The quantitative estimate of drug-likeness (QED) is 0.227. The van der Waals surface area contributed by atoms with Crippen LogP contribution in [-0.2, 0) is 14.3 Å². The van der Waals surface area contributed by atoms with Crippen LogP contribution in [0.2, 0.25) is 0 Å². The molecule has 0 saturated heterocycles. The SMILES string of the molecule is CCCCOC(=O)c1cccc(N2C(=O)C(Cl)=C(Nc3ccc(C(=O)N(C)c4ccccc4)cc3)C2=O)c1. The molecule has 194 valence electrons. The number of halogens is 1. The maximum absolute atomic E-state index is 13.2. The summed E-state index contributed by atoms with van der Waals surface area (Å²) in [5, 5.41) is 2.61. The summed E-state index contributed by atoms with van der Waals surface area (Å²) < 4.78 is 5.22. The number of hydrogen-bond donors (Lipinski definition) is 1. The molecule has 4 rings (SSSR count). The van der Waals surface area contributed by atoms with E-state index in [1.165, 1.54) is 17.0 Å². The van der Waals surface area contributed by atoms with Crippen LogP contribution in [0.4, 0.5) is 17.1 Å². The molecule has 3 aromatic rings. The first-order valence-electron chi connectivity index (χ1n) is 12.1. The summed E-state index contributed by atoms with van der Waals surface area (Å²) in [6.45, 7) is 2.27. The zero-order chi connectivity index (χ0) is 27.2. The first-order valence-corrected chi connectivity index (χ1v) is 12.5. The average Bonchev–Trinajstić information content (AvgIpc) is 3.16. The number of unbranched alkanes of at least 4 members (excludes halogenated alkanes) is 1.